The number of aromatic nitrogens is 1. The van der Waals surface area contributed by atoms with Crippen LogP contribution in [0.2, 0.25) is 5.02 Å². The number of ether oxygens (including phenoxy) is 4. The standard InChI is InChI=1S/C34H32BrClN2O6S/c1-5-9-25-30(33(40)43-6-2)31(23-18-22(35)13-15-26(23)41-3)38-32(39)29(45-34(38)37-25)17-20-12-14-27(28(16-20)42-4)44-19-21-10-7-8-11-24(21)36/h7-8,10-18,31H,5-6,9,19H2,1-4H3/b29-17+/t31-/m0/s1. The van der Waals surface area contributed by atoms with Gasteiger partial charge in [-0.1, -0.05) is 76.5 Å². The maximum Gasteiger partial charge on any atom is 0.338 e. The molecule has 234 valence electrons. The molecule has 0 unspecified atom stereocenters. The normalized spacial score (nSPS) is 14.5. The van der Waals surface area contributed by atoms with Crippen molar-refractivity contribution in [3.63, 3.8) is 0 Å². The zero-order chi connectivity index (χ0) is 32.1. The molecule has 1 aliphatic heterocycles. The van der Waals surface area contributed by atoms with Gasteiger partial charge in [-0.25, -0.2) is 9.79 Å². The molecule has 0 fully saturated rings. The van der Waals surface area contributed by atoms with E-state index in [2.05, 4.69) is 15.9 Å². The molecule has 0 radical (unpaired) electrons. The molecule has 11 heteroatoms. The average Bonchev–Trinajstić information content (AvgIpc) is 3.34. The van der Waals surface area contributed by atoms with Crippen LogP contribution >= 0.6 is 38.9 Å². The predicted molar refractivity (Wildman–Crippen MR) is 179 cm³/mol. The molecule has 0 saturated carbocycles. The van der Waals surface area contributed by atoms with E-state index in [9.17, 15) is 9.59 Å². The molecule has 0 amide bonds. The number of carbonyl (C=O) groups excluding carboxylic acids is 1. The van der Waals surface area contributed by atoms with E-state index in [0.29, 0.717) is 54.9 Å². The number of esters is 1. The highest BCUT2D eigenvalue weighted by Crippen LogP contribution is 2.38. The van der Waals surface area contributed by atoms with Gasteiger partial charge in [0.15, 0.2) is 16.3 Å². The van der Waals surface area contributed by atoms with E-state index in [-0.39, 0.29) is 18.8 Å². The number of rotatable bonds is 11. The fourth-order valence-corrected chi connectivity index (χ4v) is 6.74. The molecule has 3 aromatic carbocycles. The van der Waals surface area contributed by atoms with Gasteiger partial charge in [-0.3, -0.25) is 9.36 Å². The average molecular weight is 712 g/mol. The molecule has 2 heterocycles. The van der Waals surface area contributed by atoms with Gasteiger partial charge in [0.2, 0.25) is 0 Å². The molecule has 8 nitrogen and oxygen atoms in total. The molecule has 0 N–H and O–H groups in total. The molecule has 0 bridgehead atoms. The van der Waals surface area contributed by atoms with Gasteiger partial charge in [-0.15, -0.1) is 0 Å². The second-order valence-corrected chi connectivity index (χ2v) is 12.4. The Hall–Kier alpha value is -3.86. The van der Waals surface area contributed by atoms with Crippen molar-refractivity contribution < 1.29 is 23.7 Å². The lowest BCUT2D eigenvalue weighted by Crippen LogP contribution is -2.40. The molecular formula is C34H32BrClN2O6S. The Kier molecular flexibility index (Phi) is 10.5. The van der Waals surface area contributed by atoms with Crippen molar-refractivity contribution >= 4 is 50.9 Å². The number of hydrogen-bond acceptors (Lipinski definition) is 8. The summed E-state index contributed by atoms with van der Waals surface area (Å²) in [6.07, 6.45) is 3.08. The summed E-state index contributed by atoms with van der Waals surface area (Å²) in [7, 11) is 3.12. The first-order chi connectivity index (χ1) is 21.8. The second-order valence-electron chi connectivity index (χ2n) is 10.1. The van der Waals surface area contributed by atoms with E-state index in [1.165, 1.54) is 11.3 Å². The van der Waals surface area contributed by atoms with Crippen LogP contribution in [0.4, 0.5) is 0 Å². The van der Waals surface area contributed by atoms with E-state index in [1.54, 1.807) is 43.9 Å². The summed E-state index contributed by atoms with van der Waals surface area (Å²) in [5, 5.41) is 0.621. The predicted octanol–water partition coefficient (Wildman–Crippen LogP) is 6.59. The molecule has 4 aromatic rings. The van der Waals surface area contributed by atoms with E-state index in [4.69, 9.17) is 35.5 Å². The monoisotopic (exact) mass is 710 g/mol. The van der Waals surface area contributed by atoms with Crippen molar-refractivity contribution in [3.05, 3.63) is 118 Å². The van der Waals surface area contributed by atoms with Crippen LogP contribution in [-0.2, 0) is 16.1 Å². The number of thiazole rings is 1. The van der Waals surface area contributed by atoms with Crippen LogP contribution in [0.5, 0.6) is 17.2 Å². The fourth-order valence-electron chi connectivity index (χ4n) is 5.15. The number of methoxy groups -OCH3 is 2. The molecule has 0 saturated heterocycles. The Bertz CT molecular complexity index is 1950. The third-order valence-electron chi connectivity index (χ3n) is 7.20. The maximum absolute atomic E-state index is 14.2. The Morgan fingerprint density at radius 3 is 2.51 bits per heavy atom. The van der Waals surface area contributed by atoms with Crippen LogP contribution in [0.3, 0.4) is 0 Å². The first kappa shape index (κ1) is 32.5. The third-order valence-corrected chi connectivity index (χ3v) is 9.05. The van der Waals surface area contributed by atoms with Crippen LogP contribution in [0.15, 0.2) is 86.2 Å². The fraction of sp³-hybridized carbons (Fsp3) is 0.265. The molecule has 0 spiro atoms. The van der Waals surface area contributed by atoms with Crippen molar-refractivity contribution in [1.82, 2.24) is 4.57 Å². The van der Waals surface area contributed by atoms with Gasteiger partial charge in [0.25, 0.3) is 5.56 Å². The lowest BCUT2D eigenvalue weighted by Gasteiger charge is -2.27. The number of hydrogen-bond donors (Lipinski definition) is 0. The molecule has 5 rings (SSSR count). The number of benzene rings is 3. The number of carbonyl (C=O) groups is 1. The van der Waals surface area contributed by atoms with Gasteiger partial charge in [0, 0.05) is 20.6 Å². The van der Waals surface area contributed by atoms with Crippen molar-refractivity contribution in [2.45, 2.75) is 39.3 Å². The third kappa shape index (κ3) is 6.88. The van der Waals surface area contributed by atoms with Crippen LogP contribution in [-0.4, -0.2) is 31.4 Å². The van der Waals surface area contributed by atoms with Gasteiger partial charge in [-0.05, 0) is 61.4 Å². The highest BCUT2D eigenvalue weighted by molar-refractivity contribution is 9.10. The minimum Gasteiger partial charge on any atom is -0.496 e. The molecular weight excluding hydrogens is 680 g/mol. The van der Waals surface area contributed by atoms with Crippen LogP contribution in [0.1, 0.15) is 49.4 Å². The number of nitrogens with zero attached hydrogens (tertiary/aromatic N) is 2. The van der Waals surface area contributed by atoms with Crippen molar-refractivity contribution in [3.8, 4) is 17.2 Å². The zero-order valence-electron chi connectivity index (χ0n) is 25.3. The minimum absolute atomic E-state index is 0.189. The van der Waals surface area contributed by atoms with Gasteiger partial charge < -0.3 is 18.9 Å². The van der Waals surface area contributed by atoms with Gasteiger partial charge in [0.1, 0.15) is 18.4 Å². The largest absolute Gasteiger partial charge is 0.496 e. The summed E-state index contributed by atoms with van der Waals surface area (Å²) in [5.41, 5.74) is 2.87. The Balaban J connectivity index is 1.62. The molecule has 0 aliphatic carbocycles. The Morgan fingerprint density at radius 2 is 1.80 bits per heavy atom. The Morgan fingerprint density at radius 1 is 1.04 bits per heavy atom. The Labute approximate surface area is 278 Å². The van der Waals surface area contributed by atoms with Gasteiger partial charge >= 0.3 is 5.97 Å². The first-order valence-electron chi connectivity index (χ1n) is 14.4. The number of fused-ring (bicyclic) bond motifs is 1. The summed E-state index contributed by atoms with van der Waals surface area (Å²) in [6, 6.07) is 17.7. The quantitative estimate of drug-likeness (QED) is 0.163. The lowest BCUT2D eigenvalue weighted by molar-refractivity contribution is -0.139. The van der Waals surface area contributed by atoms with Crippen molar-refractivity contribution in [2.75, 3.05) is 20.8 Å². The second kappa shape index (κ2) is 14.5. The molecule has 1 atom stereocenters. The summed E-state index contributed by atoms with van der Waals surface area (Å²) in [5.74, 6) is 1.08. The van der Waals surface area contributed by atoms with Gasteiger partial charge in [0.05, 0.1) is 36.6 Å². The van der Waals surface area contributed by atoms with E-state index in [0.717, 1.165) is 22.0 Å². The topological polar surface area (TPSA) is 88.4 Å². The van der Waals surface area contributed by atoms with E-state index in [1.807, 2.05) is 55.5 Å². The molecule has 1 aliphatic rings. The molecule has 1 aromatic heterocycles. The molecule has 45 heavy (non-hydrogen) atoms. The summed E-state index contributed by atoms with van der Waals surface area (Å²) in [6.45, 7) is 4.23. The highest BCUT2D eigenvalue weighted by Gasteiger charge is 2.36. The summed E-state index contributed by atoms with van der Waals surface area (Å²) >= 11 is 11.1. The van der Waals surface area contributed by atoms with Crippen molar-refractivity contribution in [2.24, 2.45) is 4.99 Å². The SMILES string of the molecule is CCCC1=C(C(=O)OCC)[C@H](c2cc(Br)ccc2OC)n2c(s/c(=C/c3ccc(OCc4ccccc4Cl)c(OC)c3)c2=O)=N1. The van der Waals surface area contributed by atoms with E-state index < -0.39 is 12.0 Å². The lowest BCUT2D eigenvalue weighted by atomic mass is 9.93. The van der Waals surface area contributed by atoms with Crippen LogP contribution in [0.25, 0.3) is 6.08 Å². The summed E-state index contributed by atoms with van der Waals surface area (Å²) in [4.78, 5) is 33.0. The maximum atomic E-state index is 14.2. The van der Waals surface area contributed by atoms with Crippen molar-refractivity contribution in [1.29, 1.82) is 0 Å². The minimum atomic E-state index is -0.799. The first-order valence-corrected chi connectivity index (χ1v) is 16.4. The smallest absolute Gasteiger partial charge is 0.338 e. The van der Waals surface area contributed by atoms with E-state index >= 15 is 0 Å². The van der Waals surface area contributed by atoms with Crippen LogP contribution < -0.4 is 29.1 Å². The number of halogens is 2. The highest BCUT2D eigenvalue weighted by atomic mass is 79.9. The zero-order valence-corrected chi connectivity index (χ0v) is 28.4. The van der Waals surface area contributed by atoms with Crippen LogP contribution in [0, 0.1) is 0 Å². The summed E-state index contributed by atoms with van der Waals surface area (Å²) < 4.78 is 25.6. The van der Waals surface area contributed by atoms with Gasteiger partial charge in [-0.2, -0.15) is 0 Å². The number of allylic oxidation sites excluding steroid dienone is 1.